The molecule has 1 aromatic carbocycles. The predicted octanol–water partition coefficient (Wildman–Crippen LogP) is 3.35. The molecule has 4 rings (SSSR count). The summed E-state index contributed by atoms with van der Waals surface area (Å²) in [6.45, 7) is 0. The Kier molecular flexibility index (Phi) is 6.61. The van der Waals surface area contributed by atoms with E-state index in [0.29, 0.717) is 29.3 Å². The van der Waals surface area contributed by atoms with Crippen molar-refractivity contribution in [3.63, 3.8) is 0 Å². The number of nitrogens with two attached hydrogens (primary N) is 1. The number of nitrogens with zero attached hydrogens (tertiary/aromatic N) is 4. The van der Waals surface area contributed by atoms with Crippen LogP contribution in [0.5, 0.6) is 0 Å². The van der Waals surface area contributed by atoms with E-state index in [1.54, 1.807) is 24.5 Å². The van der Waals surface area contributed by atoms with Crippen LogP contribution in [0.3, 0.4) is 0 Å². The van der Waals surface area contributed by atoms with Crippen molar-refractivity contribution >= 4 is 23.2 Å². The molecule has 166 valence electrons. The normalized spacial score (nSPS) is 18.2. The summed E-state index contributed by atoms with van der Waals surface area (Å²) in [5.41, 5.74) is 7.62. The van der Waals surface area contributed by atoms with Crippen LogP contribution in [0.2, 0.25) is 0 Å². The summed E-state index contributed by atoms with van der Waals surface area (Å²) < 4.78 is 0. The molecular weight excluding hydrogens is 402 g/mol. The van der Waals surface area contributed by atoms with Crippen molar-refractivity contribution in [2.75, 3.05) is 24.3 Å². The Morgan fingerprint density at radius 1 is 1.09 bits per heavy atom. The summed E-state index contributed by atoms with van der Waals surface area (Å²) in [5.74, 6) is 1.34. The lowest BCUT2D eigenvalue weighted by molar-refractivity contribution is 0.100. The van der Waals surface area contributed by atoms with Crippen molar-refractivity contribution in [2.45, 2.75) is 37.8 Å². The first kappa shape index (κ1) is 21.7. The van der Waals surface area contributed by atoms with Crippen LogP contribution in [-0.4, -0.2) is 47.0 Å². The molecule has 4 N–H and O–H groups in total. The molecular formula is C24H29N7O. The van der Waals surface area contributed by atoms with E-state index in [-0.39, 0.29) is 0 Å². The topological polar surface area (TPSA) is 109 Å². The molecule has 1 fully saturated rings. The number of primary amides is 1. The Hall–Kier alpha value is -3.52. The molecule has 3 aromatic rings. The first-order chi connectivity index (χ1) is 15.6. The number of carbonyl (C=O) groups is 1. The molecule has 0 saturated heterocycles. The van der Waals surface area contributed by atoms with E-state index in [9.17, 15) is 4.79 Å². The number of rotatable bonds is 7. The van der Waals surface area contributed by atoms with Gasteiger partial charge in [-0.1, -0.05) is 25.0 Å². The van der Waals surface area contributed by atoms with Gasteiger partial charge in [0.25, 0.3) is 5.91 Å². The van der Waals surface area contributed by atoms with Gasteiger partial charge >= 0.3 is 0 Å². The van der Waals surface area contributed by atoms with Gasteiger partial charge < -0.3 is 21.3 Å². The third kappa shape index (κ3) is 4.70. The van der Waals surface area contributed by atoms with Gasteiger partial charge in [0.1, 0.15) is 11.6 Å². The molecule has 2 unspecified atom stereocenters. The molecule has 2 heterocycles. The number of anilines is 3. The van der Waals surface area contributed by atoms with Crippen LogP contribution in [0.1, 0.15) is 36.0 Å². The number of hydrogen-bond donors (Lipinski definition) is 3. The van der Waals surface area contributed by atoms with Crippen molar-refractivity contribution in [3.05, 3.63) is 60.4 Å². The van der Waals surface area contributed by atoms with Crippen LogP contribution >= 0.6 is 0 Å². The van der Waals surface area contributed by atoms with Gasteiger partial charge in [0.15, 0.2) is 5.82 Å². The SMILES string of the molecule is CNC1CCCCC1N(C)c1ccc(C(N)=O)c(Nc2cccc(-c3ncccn3)c2)n1. The average Bonchev–Trinajstić information content (AvgIpc) is 2.84. The van der Waals surface area contributed by atoms with Gasteiger partial charge in [-0.05, 0) is 50.2 Å². The van der Waals surface area contributed by atoms with Gasteiger partial charge in [0.05, 0.1) is 5.56 Å². The molecule has 1 aliphatic carbocycles. The largest absolute Gasteiger partial charge is 0.365 e. The van der Waals surface area contributed by atoms with Gasteiger partial charge in [-0.2, -0.15) is 0 Å². The minimum absolute atomic E-state index is 0.340. The zero-order chi connectivity index (χ0) is 22.5. The van der Waals surface area contributed by atoms with E-state index in [1.165, 1.54) is 12.8 Å². The highest BCUT2D eigenvalue weighted by atomic mass is 16.1. The monoisotopic (exact) mass is 431 g/mol. The Labute approximate surface area is 188 Å². The molecule has 0 aliphatic heterocycles. The molecule has 0 bridgehead atoms. The van der Waals surface area contributed by atoms with Gasteiger partial charge in [0.2, 0.25) is 0 Å². The second-order valence-electron chi connectivity index (χ2n) is 8.07. The fourth-order valence-electron chi connectivity index (χ4n) is 4.34. The van der Waals surface area contributed by atoms with Crippen LogP contribution in [0.4, 0.5) is 17.3 Å². The zero-order valence-electron chi connectivity index (χ0n) is 18.5. The second-order valence-corrected chi connectivity index (χ2v) is 8.07. The van der Waals surface area contributed by atoms with Crippen LogP contribution in [0.25, 0.3) is 11.4 Å². The maximum atomic E-state index is 12.1. The molecule has 2 atom stereocenters. The quantitative estimate of drug-likeness (QED) is 0.526. The van der Waals surface area contributed by atoms with Crippen molar-refractivity contribution in [2.24, 2.45) is 5.73 Å². The molecule has 0 radical (unpaired) electrons. The third-order valence-corrected chi connectivity index (χ3v) is 6.05. The second kappa shape index (κ2) is 9.74. The van der Waals surface area contributed by atoms with Gasteiger partial charge in [-0.25, -0.2) is 15.0 Å². The van der Waals surface area contributed by atoms with Crippen molar-refractivity contribution in [1.29, 1.82) is 0 Å². The number of hydrogen-bond acceptors (Lipinski definition) is 7. The average molecular weight is 432 g/mol. The summed E-state index contributed by atoms with van der Waals surface area (Å²) in [4.78, 5) is 27.7. The Bertz CT molecular complexity index is 1070. The van der Waals surface area contributed by atoms with Crippen molar-refractivity contribution in [1.82, 2.24) is 20.3 Å². The minimum Gasteiger partial charge on any atom is -0.365 e. The lowest BCUT2D eigenvalue weighted by atomic mass is 9.89. The standard InChI is InChI=1S/C24H29N7O/c1-26-19-9-3-4-10-20(19)31(2)21-12-11-18(22(25)32)24(30-21)29-17-8-5-7-16(15-17)23-27-13-6-14-28-23/h5-8,11-15,19-20,26H,3-4,9-10H2,1-2H3,(H2,25,32)(H,29,30). The van der Waals surface area contributed by atoms with Crippen LogP contribution < -0.4 is 21.3 Å². The fourth-order valence-corrected chi connectivity index (χ4v) is 4.34. The highest BCUT2D eigenvalue weighted by molar-refractivity contribution is 5.98. The minimum atomic E-state index is -0.525. The van der Waals surface area contributed by atoms with Crippen LogP contribution in [0, 0.1) is 0 Å². The first-order valence-electron chi connectivity index (χ1n) is 10.9. The number of carbonyl (C=O) groups excluding carboxylic acids is 1. The molecule has 1 aliphatic rings. The van der Waals surface area contributed by atoms with E-state index in [2.05, 4.69) is 32.5 Å². The maximum absolute atomic E-state index is 12.1. The lowest BCUT2D eigenvalue weighted by Gasteiger charge is -2.38. The van der Waals surface area contributed by atoms with Crippen LogP contribution in [-0.2, 0) is 0 Å². The number of likely N-dealkylation sites (N-methyl/N-ethyl adjacent to an activating group) is 2. The molecule has 2 aromatic heterocycles. The van der Waals surface area contributed by atoms with Gasteiger partial charge in [0, 0.05) is 42.8 Å². The highest BCUT2D eigenvalue weighted by Gasteiger charge is 2.28. The first-order valence-corrected chi connectivity index (χ1v) is 10.9. The van der Waals surface area contributed by atoms with E-state index >= 15 is 0 Å². The number of nitrogens with one attached hydrogen (secondary N) is 2. The van der Waals surface area contributed by atoms with E-state index < -0.39 is 5.91 Å². The molecule has 0 spiro atoms. The Morgan fingerprint density at radius 2 is 1.88 bits per heavy atom. The van der Waals surface area contributed by atoms with Gasteiger partial charge in [-0.3, -0.25) is 4.79 Å². The highest BCUT2D eigenvalue weighted by Crippen LogP contribution is 2.29. The summed E-state index contributed by atoms with van der Waals surface area (Å²) in [5, 5.41) is 6.72. The molecule has 8 nitrogen and oxygen atoms in total. The Balaban J connectivity index is 1.64. The lowest BCUT2D eigenvalue weighted by Crippen LogP contribution is -2.49. The number of benzene rings is 1. The molecule has 1 saturated carbocycles. The predicted molar refractivity (Wildman–Crippen MR) is 127 cm³/mol. The van der Waals surface area contributed by atoms with Crippen LogP contribution in [0.15, 0.2) is 54.9 Å². The summed E-state index contributed by atoms with van der Waals surface area (Å²) in [6.07, 6.45) is 8.09. The maximum Gasteiger partial charge on any atom is 0.252 e. The smallest absolute Gasteiger partial charge is 0.252 e. The molecule has 1 amide bonds. The van der Waals surface area contributed by atoms with E-state index in [4.69, 9.17) is 10.7 Å². The third-order valence-electron chi connectivity index (χ3n) is 6.05. The molecule has 32 heavy (non-hydrogen) atoms. The number of amides is 1. The zero-order valence-corrected chi connectivity index (χ0v) is 18.5. The summed E-state index contributed by atoms with van der Waals surface area (Å²) >= 11 is 0. The number of pyridine rings is 1. The molecule has 8 heteroatoms. The summed E-state index contributed by atoms with van der Waals surface area (Å²) in [7, 11) is 4.07. The van der Waals surface area contributed by atoms with Gasteiger partial charge in [-0.15, -0.1) is 0 Å². The Morgan fingerprint density at radius 3 is 2.62 bits per heavy atom. The van der Waals surface area contributed by atoms with Crippen molar-refractivity contribution in [3.8, 4) is 11.4 Å². The van der Waals surface area contributed by atoms with E-state index in [1.807, 2.05) is 37.4 Å². The van der Waals surface area contributed by atoms with Crippen molar-refractivity contribution < 1.29 is 4.79 Å². The van der Waals surface area contributed by atoms with E-state index in [0.717, 1.165) is 29.9 Å². The summed E-state index contributed by atoms with van der Waals surface area (Å²) in [6, 6.07) is 13.8. The fraction of sp³-hybridized carbons (Fsp3) is 0.333. The number of aromatic nitrogens is 3.